The Hall–Kier alpha value is -0.860. The highest BCUT2D eigenvalue weighted by Crippen LogP contribution is 2.19. The molecule has 0 fully saturated rings. The van der Waals surface area contributed by atoms with Gasteiger partial charge in [0.15, 0.2) is 0 Å². The van der Waals surface area contributed by atoms with Crippen molar-refractivity contribution in [3.8, 4) is 0 Å². The van der Waals surface area contributed by atoms with Gasteiger partial charge in [0.25, 0.3) is 0 Å². The van der Waals surface area contributed by atoms with E-state index in [9.17, 15) is 0 Å². The Balaban J connectivity index is 2.81. The quantitative estimate of drug-likeness (QED) is 0.848. The fourth-order valence-electron chi connectivity index (χ4n) is 2.22. The molecule has 1 aromatic rings. The molecule has 1 aromatic carbocycles. The van der Waals surface area contributed by atoms with Gasteiger partial charge in [0, 0.05) is 18.6 Å². The van der Waals surface area contributed by atoms with Crippen molar-refractivity contribution in [2.24, 2.45) is 5.73 Å². The lowest BCUT2D eigenvalue weighted by molar-refractivity contribution is 0.219. The second-order valence-corrected chi connectivity index (χ2v) is 5.15. The lowest BCUT2D eigenvalue weighted by atomic mass is 9.99. The number of aryl methyl sites for hydroxylation is 2. The molecule has 2 heteroatoms. The molecule has 0 spiro atoms. The van der Waals surface area contributed by atoms with Crippen LogP contribution in [0.15, 0.2) is 18.2 Å². The summed E-state index contributed by atoms with van der Waals surface area (Å²) in [5, 5.41) is 0. The zero-order chi connectivity index (χ0) is 13.0. The molecule has 0 saturated carbocycles. The fourth-order valence-corrected chi connectivity index (χ4v) is 2.22. The first-order valence-electron chi connectivity index (χ1n) is 6.52. The van der Waals surface area contributed by atoms with Gasteiger partial charge in [-0.05, 0) is 45.4 Å². The van der Waals surface area contributed by atoms with Gasteiger partial charge in [-0.25, -0.2) is 0 Å². The van der Waals surface area contributed by atoms with Crippen molar-refractivity contribution in [2.45, 2.75) is 46.7 Å². The van der Waals surface area contributed by atoms with Gasteiger partial charge in [-0.3, -0.25) is 4.90 Å². The highest BCUT2D eigenvalue weighted by molar-refractivity contribution is 5.33. The molecule has 17 heavy (non-hydrogen) atoms. The summed E-state index contributed by atoms with van der Waals surface area (Å²) in [6.07, 6.45) is 0. The zero-order valence-electron chi connectivity index (χ0n) is 11.8. The Morgan fingerprint density at radius 2 is 1.88 bits per heavy atom. The first kappa shape index (κ1) is 14.2. The molecular formula is C15H26N2. The highest BCUT2D eigenvalue weighted by Gasteiger charge is 2.15. The number of benzene rings is 1. The molecule has 0 aliphatic carbocycles. The Bertz CT molecular complexity index is 358. The van der Waals surface area contributed by atoms with Gasteiger partial charge >= 0.3 is 0 Å². The molecule has 0 saturated heterocycles. The molecular weight excluding hydrogens is 208 g/mol. The SMILES string of the molecule is CCN(CC(N)c1cc(C)ccc1C)C(C)C. The molecule has 0 bridgehead atoms. The minimum Gasteiger partial charge on any atom is -0.323 e. The van der Waals surface area contributed by atoms with E-state index in [1.807, 2.05) is 0 Å². The van der Waals surface area contributed by atoms with Gasteiger partial charge < -0.3 is 5.73 Å². The minimum absolute atomic E-state index is 0.109. The lowest BCUT2D eigenvalue weighted by Gasteiger charge is -2.28. The molecule has 0 aliphatic rings. The predicted molar refractivity (Wildman–Crippen MR) is 75.2 cm³/mol. The van der Waals surface area contributed by atoms with E-state index in [1.165, 1.54) is 16.7 Å². The van der Waals surface area contributed by atoms with Gasteiger partial charge in [0.2, 0.25) is 0 Å². The Labute approximate surface area is 106 Å². The van der Waals surface area contributed by atoms with Gasteiger partial charge in [-0.1, -0.05) is 30.7 Å². The highest BCUT2D eigenvalue weighted by atomic mass is 15.1. The predicted octanol–water partition coefficient (Wildman–Crippen LogP) is 3.03. The first-order valence-corrected chi connectivity index (χ1v) is 6.52. The molecule has 0 heterocycles. The van der Waals surface area contributed by atoms with Crippen molar-refractivity contribution < 1.29 is 0 Å². The average Bonchev–Trinajstić information content (AvgIpc) is 2.28. The van der Waals surface area contributed by atoms with Crippen LogP contribution in [-0.4, -0.2) is 24.0 Å². The maximum absolute atomic E-state index is 6.34. The monoisotopic (exact) mass is 234 g/mol. The maximum Gasteiger partial charge on any atom is 0.0427 e. The number of nitrogens with two attached hydrogens (primary N) is 1. The van der Waals surface area contributed by atoms with E-state index in [4.69, 9.17) is 5.73 Å². The van der Waals surface area contributed by atoms with Crippen molar-refractivity contribution in [3.05, 3.63) is 34.9 Å². The van der Waals surface area contributed by atoms with Gasteiger partial charge in [-0.2, -0.15) is 0 Å². The minimum atomic E-state index is 0.109. The van der Waals surface area contributed by atoms with Crippen LogP contribution in [0.4, 0.5) is 0 Å². The van der Waals surface area contributed by atoms with E-state index >= 15 is 0 Å². The summed E-state index contributed by atoms with van der Waals surface area (Å²) in [6.45, 7) is 12.9. The molecule has 0 radical (unpaired) electrons. The molecule has 1 rings (SSSR count). The Morgan fingerprint density at radius 3 is 2.41 bits per heavy atom. The second-order valence-electron chi connectivity index (χ2n) is 5.15. The van der Waals surface area contributed by atoms with E-state index in [0.29, 0.717) is 6.04 Å². The van der Waals surface area contributed by atoms with Crippen molar-refractivity contribution in [1.82, 2.24) is 4.90 Å². The summed E-state index contributed by atoms with van der Waals surface area (Å²) >= 11 is 0. The summed E-state index contributed by atoms with van der Waals surface area (Å²) in [5.74, 6) is 0. The molecule has 1 unspecified atom stereocenters. The second kappa shape index (κ2) is 6.18. The van der Waals surface area contributed by atoms with Gasteiger partial charge in [0.1, 0.15) is 0 Å². The first-order chi connectivity index (χ1) is 7.95. The topological polar surface area (TPSA) is 29.3 Å². The molecule has 0 aromatic heterocycles. The van der Waals surface area contributed by atoms with Crippen molar-refractivity contribution in [1.29, 1.82) is 0 Å². The van der Waals surface area contributed by atoms with E-state index in [0.717, 1.165) is 13.1 Å². The molecule has 0 amide bonds. The van der Waals surface area contributed by atoms with Crippen LogP contribution in [0.3, 0.4) is 0 Å². The van der Waals surface area contributed by atoms with Crippen LogP contribution in [0.1, 0.15) is 43.5 Å². The fraction of sp³-hybridized carbons (Fsp3) is 0.600. The van der Waals surface area contributed by atoms with E-state index < -0.39 is 0 Å². The molecule has 2 nitrogen and oxygen atoms in total. The van der Waals surface area contributed by atoms with Crippen molar-refractivity contribution in [3.63, 3.8) is 0 Å². The van der Waals surface area contributed by atoms with E-state index in [1.54, 1.807) is 0 Å². The standard InChI is InChI=1S/C15H26N2/c1-6-17(11(2)3)10-15(16)14-9-12(4)7-8-13(14)5/h7-9,11,15H,6,10,16H2,1-5H3. The number of likely N-dealkylation sites (N-methyl/N-ethyl adjacent to an activating group) is 1. The van der Waals surface area contributed by atoms with Crippen molar-refractivity contribution >= 4 is 0 Å². The summed E-state index contributed by atoms with van der Waals surface area (Å²) in [7, 11) is 0. The number of hydrogen-bond acceptors (Lipinski definition) is 2. The third-order valence-electron chi connectivity index (χ3n) is 3.40. The van der Waals surface area contributed by atoms with Crippen LogP contribution in [0.2, 0.25) is 0 Å². The van der Waals surface area contributed by atoms with Gasteiger partial charge in [-0.15, -0.1) is 0 Å². The smallest absolute Gasteiger partial charge is 0.0427 e. The number of nitrogens with zero attached hydrogens (tertiary/aromatic N) is 1. The molecule has 96 valence electrons. The zero-order valence-corrected chi connectivity index (χ0v) is 11.8. The Morgan fingerprint density at radius 1 is 1.24 bits per heavy atom. The van der Waals surface area contributed by atoms with Crippen LogP contribution >= 0.6 is 0 Å². The van der Waals surface area contributed by atoms with Gasteiger partial charge in [0.05, 0.1) is 0 Å². The van der Waals surface area contributed by atoms with Crippen LogP contribution in [-0.2, 0) is 0 Å². The summed E-state index contributed by atoms with van der Waals surface area (Å²) in [5.41, 5.74) is 10.2. The van der Waals surface area contributed by atoms with Crippen LogP contribution in [0.25, 0.3) is 0 Å². The van der Waals surface area contributed by atoms with Crippen LogP contribution in [0, 0.1) is 13.8 Å². The summed E-state index contributed by atoms with van der Waals surface area (Å²) in [4.78, 5) is 2.41. The average molecular weight is 234 g/mol. The number of rotatable bonds is 5. The molecule has 2 N–H and O–H groups in total. The lowest BCUT2D eigenvalue weighted by Crippen LogP contribution is -2.37. The third kappa shape index (κ3) is 3.83. The largest absolute Gasteiger partial charge is 0.323 e. The van der Waals surface area contributed by atoms with E-state index in [-0.39, 0.29) is 6.04 Å². The normalized spacial score (nSPS) is 13.4. The van der Waals surface area contributed by atoms with Crippen LogP contribution in [0.5, 0.6) is 0 Å². The number of hydrogen-bond donors (Lipinski definition) is 1. The van der Waals surface area contributed by atoms with Crippen molar-refractivity contribution in [2.75, 3.05) is 13.1 Å². The molecule has 1 atom stereocenters. The van der Waals surface area contributed by atoms with E-state index in [2.05, 4.69) is 57.7 Å². The molecule has 0 aliphatic heterocycles. The summed E-state index contributed by atoms with van der Waals surface area (Å²) < 4.78 is 0. The maximum atomic E-state index is 6.34. The third-order valence-corrected chi connectivity index (χ3v) is 3.40. The van der Waals surface area contributed by atoms with Crippen LogP contribution < -0.4 is 5.73 Å². The Kier molecular flexibility index (Phi) is 5.16. The summed E-state index contributed by atoms with van der Waals surface area (Å²) in [6, 6.07) is 7.18.